The van der Waals surface area contributed by atoms with E-state index < -0.39 is 15.9 Å². The summed E-state index contributed by atoms with van der Waals surface area (Å²) in [4.78, 5) is 16.8. The normalized spacial score (nSPS) is 14.9. The van der Waals surface area contributed by atoms with Gasteiger partial charge in [-0.2, -0.15) is 5.10 Å². The summed E-state index contributed by atoms with van der Waals surface area (Å²) in [6.07, 6.45) is 1.81. The number of sulfonamides is 1. The average molecular weight is 490 g/mol. The van der Waals surface area contributed by atoms with Crippen LogP contribution in [0.2, 0.25) is 0 Å². The standard InChI is InChI=1S/C25H20FN5O3S/c26-19-12-10-17(11-13-19)24-18(16-31(29-24)20-6-2-1-3-7-20)14-27-23(32)15-28-25-21-8-4-5-9-22(21)35(33,34)30-25/h1-13,16H,14-15H2,(H,27,32)(H,28,30). The Morgan fingerprint density at radius 2 is 1.71 bits per heavy atom. The van der Waals surface area contributed by atoms with Crippen LogP contribution in [0.1, 0.15) is 11.1 Å². The highest BCUT2D eigenvalue weighted by atomic mass is 32.2. The molecule has 0 saturated carbocycles. The molecule has 0 radical (unpaired) electrons. The number of fused-ring (bicyclic) bond motifs is 1. The van der Waals surface area contributed by atoms with Gasteiger partial charge in [-0.05, 0) is 48.5 Å². The van der Waals surface area contributed by atoms with E-state index in [0.29, 0.717) is 16.8 Å². The maximum atomic E-state index is 13.4. The maximum absolute atomic E-state index is 13.4. The van der Waals surface area contributed by atoms with E-state index in [4.69, 9.17) is 0 Å². The second-order valence-electron chi connectivity index (χ2n) is 7.83. The zero-order valence-corrected chi connectivity index (χ0v) is 19.2. The molecular weight excluding hydrogens is 469 g/mol. The monoisotopic (exact) mass is 489 g/mol. The Labute approximate surface area is 201 Å². The van der Waals surface area contributed by atoms with Gasteiger partial charge in [0.25, 0.3) is 10.0 Å². The van der Waals surface area contributed by atoms with Crippen molar-refractivity contribution < 1.29 is 17.6 Å². The van der Waals surface area contributed by atoms with Crippen LogP contribution in [0.5, 0.6) is 0 Å². The number of halogens is 1. The van der Waals surface area contributed by atoms with E-state index in [1.54, 1.807) is 35.0 Å². The lowest BCUT2D eigenvalue weighted by Gasteiger charge is -2.05. The Morgan fingerprint density at radius 1 is 1.00 bits per heavy atom. The van der Waals surface area contributed by atoms with Crippen molar-refractivity contribution in [3.8, 4) is 16.9 Å². The molecule has 0 aliphatic carbocycles. The first kappa shape index (κ1) is 22.5. The lowest BCUT2D eigenvalue weighted by Crippen LogP contribution is -2.28. The summed E-state index contributed by atoms with van der Waals surface area (Å²) >= 11 is 0. The lowest BCUT2D eigenvalue weighted by molar-refractivity contribution is -0.119. The van der Waals surface area contributed by atoms with Crippen LogP contribution < -0.4 is 10.0 Å². The van der Waals surface area contributed by atoms with Crippen LogP contribution in [0.4, 0.5) is 4.39 Å². The predicted octanol–water partition coefficient (Wildman–Crippen LogP) is 3.03. The molecule has 5 rings (SSSR count). The molecule has 10 heteroatoms. The molecule has 0 atom stereocenters. The topological polar surface area (TPSA) is 105 Å². The minimum atomic E-state index is -3.67. The summed E-state index contributed by atoms with van der Waals surface area (Å²) in [6.45, 7) is -0.101. The van der Waals surface area contributed by atoms with Crippen molar-refractivity contribution in [3.63, 3.8) is 0 Å². The van der Waals surface area contributed by atoms with Crippen molar-refractivity contribution in [1.82, 2.24) is 19.8 Å². The number of nitrogens with zero attached hydrogens (tertiary/aromatic N) is 3. The second-order valence-corrected chi connectivity index (χ2v) is 9.48. The van der Waals surface area contributed by atoms with Gasteiger partial charge in [-0.25, -0.2) is 17.5 Å². The number of carbonyl (C=O) groups excluding carboxylic acids is 1. The van der Waals surface area contributed by atoms with Gasteiger partial charge in [-0.1, -0.05) is 30.3 Å². The van der Waals surface area contributed by atoms with E-state index in [1.807, 2.05) is 36.5 Å². The van der Waals surface area contributed by atoms with E-state index >= 15 is 0 Å². The van der Waals surface area contributed by atoms with Crippen molar-refractivity contribution in [2.75, 3.05) is 6.54 Å². The number of amides is 1. The molecule has 4 aromatic rings. The van der Waals surface area contributed by atoms with Gasteiger partial charge in [0.15, 0.2) is 0 Å². The van der Waals surface area contributed by atoms with E-state index in [9.17, 15) is 17.6 Å². The number of carbonyl (C=O) groups is 1. The molecule has 3 aromatic carbocycles. The Balaban J connectivity index is 1.35. The van der Waals surface area contributed by atoms with Crippen LogP contribution in [0.15, 0.2) is 94.9 Å². The molecule has 1 amide bonds. The smallest absolute Gasteiger partial charge is 0.263 e. The molecule has 0 unspecified atom stereocenters. The fraction of sp³-hybridized carbons (Fsp3) is 0.0800. The van der Waals surface area contributed by atoms with Gasteiger partial charge < -0.3 is 5.32 Å². The fourth-order valence-electron chi connectivity index (χ4n) is 3.75. The van der Waals surface area contributed by atoms with Crippen LogP contribution in [-0.4, -0.2) is 36.5 Å². The molecular formula is C25H20FN5O3S. The van der Waals surface area contributed by atoms with Crippen LogP contribution in [-0.2, 0) is 21.4 Å². The first-order valence-electron chi connectivity index (χ1n) is 10.7. The quantitative estimate of drug-likeness (QED) is 0.434. The number of hydrogen-bond acceptors (Lipinski definition) is 5. The molecule has 176 valence electrons. The minimum Gasteiger partial charge on any atom is -0.350 e. The number of benzene rings is 3. The molecule has 35 heavy (non-hydrogen) atoms. The van der Waals surface area contributed by atoms with Gasteiger partial charge in [-0.15, -0.1) is 0 Å². The summed E-state index contributed by atoms with van der Waals surface area (Å²) in [6, 6.07) is 21.9. The minimum absolute atomic E-state index is 0.136. The third-order valence-electron chi connectivity index (χ3n) is 5.45. The van der Waals surface area contributed by atoms with Gasteiger partial charge in [0.1, 0.15) is 18.2 Å². The number of nitrogens with one attached hydrogen (secondary N) is 2. The average Bonchev–Trinajstić information content (AvgIpc) is 3.41. The molecule has 0 saturated heterocycles. The molecule has 0 fully saturated rings. The van der Waals surface area contributed by atoms with Gasteiger partial charge in [0.2, 0.25) is 5.91 Å². The predicted molar refractivity (Wildman–Crippen MR) is 129 cm³/mol. The highest BCUT2D eigenvalue weighted by Gasteiger charge is 2.30. The van der Waals surface area contributed by atoms with Crippen molar-refractivity contribution in [2.45, 2.75) is 11.4 Å². The molecule has 2 N–H and O–H groups in total. The molecule has 0 spiro atoms. The van der Waals surface area contributed by atoms with Gasteiger partial charge >= 0.3 is 0 Å². The summed E-state index contributed by atoms with van der Waals surface area (Å²) in [7, 11) is -3.67. The summed E-state index contributed by atoms with van der Waals surface area (Å²) in [5.41, 5.74) is 3.32. The first-order chi connectivity index (χ1) is 16.9. The zero-order chi connectivity index (χ0) is 24.4. The summed E-state index contributed by atoms with van der Waals surface area (Å²) in [5, 5.41) is 7.45. The number of para-hydroxylation sites is 1. The lowest BCUT2D eigenvalue weighted by atomic mass is 10.1. The maximum Gasteiger partial charge on any atom is 0.263 e. The zero-order valence-electron chi connectivity index (χ0n) is 18.3. The van der Waals surface area contributed by atoms with Crippen LogP contribution in [0.3, 0.4) is 0 Å². The molecule has 1 aliphatic rings. The molecule has 0 bridgehead atoms. The number of rotatable bonds is 6. The SMILES string of the molecule is O=C(CN=C1NS(=O)(=O)c2ccccc21)NCc1cn(-c2ccccc2)nc1-c1ccc(F)cc1. The van der Waals surface area contributed by atoms with Crippen LogP contribution >= 0.6 is 0 Å². The van der Waals surface area contributed by atoms with Gasteiger partial charge in [0.05, 0.1) is 16.3 Å². The highest BCUT2D eigenvalue weighted by molar-refractivity contribution is 7.90. The summed E-state index contributed by atoms with van der Waals surface area (Å²) in [5.74, 6) is -0.604. The number of aliphatic imine (C=N–C) groups is 1. The Bertz CT molecular complexity index is 1530. The van der Waals surface area contributed by atoms with E-state index in [0.717, 1.165) is 11.3 Å². The van der Waals surface area contributed by atoms with E-state index in [1.165, 1.54) is 18.2 Å². The van der Waals surface area contributed by atoms with Crippen LogP contribution in [0, 0.1) is 5.82 Å². The largest absolute Gasteiger partial charge is 0.350 e. The van der Waals surface area contributed by atoms with Crippen molar-refractivity contribution in [1.29, 1.82) is 0 Å². The van der Waals surface area contributed by atoms with E-state index in [-0.39, 0.29) is 29.6 Å². The Kier molecular flexibility index (Phi) is 5.87. The third kappa shape index (κ3) is 4.69. The van der Waals surface area contributed by atoms with Crippen molar-refractivity contribution in [2.24, 2.45) is 4.99 Å². The first-order valence-corrected chi connectivity index (χ1v) is 12.2. The highest BCUT2D eigenvalue weighted by Crippen LogP contribution is 2.24. The number of amidine groups is 1. The summed E-state index contributed by atoms with van der Waals surface area (Å²) < 4.78 is 41.9. The molecule has 2 heterocycles. The van der Waals surface area contributed by atoms with E-state index in [2.05, 4.69) is 20.1 Å². The number of aromatic nitrogens is 2. The Morgan fingerprint density at radius 3 is 2.49 bits per heavy atom. The van der Waals surface area contributed by atoms with Gasteiger partial charge in [-0.3, -0.25) is 14.5 Å². The fourth-order valence-corrected chi connectivity index (χ4v) is 5.01. The van der Waals surface area contributed by atoms with Crippen LogP contribution in [0.25, 0.3) is 16.9 Å². The second kappa shape index (κ2) is 9.15. The Hall–Kier alpha value is -4.31. The molecule has 1 aromatic heterocycles. The number of hydrogen-bond donors (Lipinski definition) is 2. The van der Waals surface area contributed by atoms with Crippen molar-refractivity contribution in [3.05, 3.63) is 102 Å². The van der Waals surface area contributed by atoms with Crippen molar-refractivity contribution >= 4 is 21.8 Å². The molecule has 1 aliphatic heterocycles. The molecule has 8 nitrogen and oxygen atoms in total. The van der Waals surface area contributed by atoms with Gasteiger partial charge in [0, 0.05) is 29.4 Å². The third-order valence-corrected chi connectivity index (χ3v) is 6.85.